The molecule has 20 heavy (non-hydrogen) atoms. The van der Waals surface area contributed by atoms with Crippen LogP contribution in [-0.4, -0.2) is 34.4 Å². The number of fused-ring (bicyclic) bond motifs is 1. The molecule has 0 unspecified atom stereocenters. The molecule has 0 bridgehead atoms. The van der Waals surface area contributed by atoms with Gasteiger partial charge in [-0.2, -0.15) is 5.10 Å². The Morgan fingerprint density at radius 1 is 1.20 bits per heavy atom. The molecule has 0 saturated heterocycles. The zero-order valence-corrected chi connectivity index (χ0v) is 11.5. The number of nitrogens with zero attached hydrogens (tertiary/aromatic N) is 3. The van der Waals surface area contributed by atoms with Crippen LogP contribution in [0.15, 0.2) is 36.5 Å². The molecular weight excluding hydrogens is 252 g/mol. The summed E-state index contributed by atoms with van der Waals surface area (Å²) in [6, 6.07) is 10.1. The first-order valence-electron chi connectivity index (χ1n) is 7.03. The highest BCUT2D eigenvalue weighted by atomic mass is 16.5. The van der Waals surface area contributed by atoms with Gasteiger partial charge in [0.05, 0.1) is 0 Å². The third kappa shape index (κ3) is 3.11. The van der Waals surface area contributed by atoms with Gasteiger partial charge >= 0.3 is 0 Å². The number of anilines is 1. The van der Waals surface area contributed by atoms with E-state index in [9.17, 15) is 0 Å². The second kappa shape index (κ2) is 5.96. The van der Waals surface area contributed by atoms with Crippen molar-refractivity contribution in [2.75, 3.05) is 25.4 Å². The number of benzene rings is 1. The minimum absolute atomic E-state index is 0.585. The second-order valence-electron chi connectivity index (χ2n) is 5.09. The monoisotopic (exact) mass is 272 g/mol. The summed E-state index contributed by atoms with van der Waals surface area (Å²) in [5, 5.41) is 4.20. The van der Waals surface area contributed by atoms with E-state index in [4.69, 9.17) is 10.5 Å². The zero-order valence-electron chi connectivity index (χ0n) is 11.5. The Kier molecular flexibility index (Phi) is 3.87. The molecule has 0 fully saturated rings. The highest BCUT2D eigenvalue weighted by Crippen LogP contribution is 2.22. The molecule has 2 N–H and O–H groups in total. The van der Waals surface area contributed by atoms with Crippen LogP contribution >= 0.6 is 0 Å². The highest BCUT2D eigenvalue weighted by molar-refractivity contribution is 5.33. The molecule has 1 aliphatic heterocycles. The van der Waals surface area contributed by atoms with E-state index in [0.717, 1.165) is 45.0 Å². The number of rotatable bonds is 4. The van der Waals surface area contributed by atoms with Crippen LogP contribution in [0.5, 0.6) is 5.75 Å². The van der Waals surface area contributed by atoms with Crippen molar-refractivity contribution in [1.29, 1.82) is 0 Å². The van der Waals surface area contributed by atoms with Gasteiger partial charge in [-0.05, 0) is 18.6 Å². The fraction of sp³-hybridized carbons (Fsp3) is 0.400. The number of nitrogens with two attached hydrogens (primary N) is 1. The summed E-state index contributed by atoms with van der Waals surface area (Å²) in [7, 11) is 0. The SMILES string of the molecule is Nc1ccn(CCCN2CCOc3ccccc3C2)n1. The number of aromatic nitrogens is 2. The van der Waals surface area contributed by atoms with Crippen LogP contribution in [0.3, 0.4) is 0 Å². The largest absolute Gasteiger partial charge is 0.492 e. The number of hydrogen-bond donors (Lipinski definition) is 1. The van der Waals surface area contributed by atoms with Gasteiger partial charge in [0.15, 0.2) is 0 Å². The number of nitrogen functional groups attached to an aromatic ring is 1. The molecule has 5 nitrogen and oxygen atoms in total. The predicted octanol–water partition coefficient (Wildman–Crippen LogP) is 1.75. The van der Waals surface area contributed by atoms with Gasteiger partial charge in [0.1, 0.15) is 18.2 Å². The molecule has 5 heteroatoms. The Hall–Kier alpha value is -2.01. The second-order valence-corrected chi connectivity index (χ2v) is 5.09. The first-order valence-corrected chi connectivity index (χ1v) is 7.03. The fourth-order valence-corrected chi connectivity index (χ4v) is 2.53. The van der Waals surface area contributed by atoms with Crippen molar-refractivity contribution < 1.29 is 4.74 Å². The maximum absolute atomic E-state index is 5.77. The lowest BCUT2D eigenvalue weighted by molar-refractivity contribution is 0.220. The molecule has 3 rings (SSSR count). The predicted molar refractivity (Wildman–Crippen MR) is 78.5 cm³/mol. The van der Waals surface area contributed by atoms with Crippen LogP contribution in [0, 0.1) is 0 Å². The number of aryl methyl sites for hydroxylation is 1. The summed E-state index contributed by atoms with van der Waals surface area (Å²) in [6.07, 6.45) is 2.99. The number of ether oxygens (including phenoxy) is 1. The van der Waals surface area contributed by atoms with Crippen molar-refractivity contribution in [3.05, 3.63) is 42.1 Å². The van der Waals surface area contributed by atoms with Gasteiger partial charge in [-0.25, -0.2) is 0 Å². The number of para-hydroxylation sites is 1. The Morgan fingerprint density at radius 3 is 2.95 bits per heavy atom. The quantitative estimate of drug-likeness (QED) is 0.921. The molecule has 0 saturated carbocycles. The summed E-state index contributed by atoms with van der Waals surface area (Å²) in [4.78, 5) is 2.43. The zero-order chi connectivity index (χ0) is 13.8. The minimum Gasteiger partial charge on any atom is -0.492 e. The molecule has 1 aliphatic rings. The molecule has 1 aromatic heterocycles. The Morgan fingerprint density at radius 2 is 2.10 bits per heavy atom. The Bertz CT molecular complexity index is 567. The van der Waals surface area contributed by atoms with Gasteiger partial charge < -0.3 is 10.5 Å². The van der Waals surface area contributed by atoms with Gasteiger partial charge in [0.2, 0.25) is 0 Å². The summed E-state index contributed by atoms with van der Waals surface area (Å²) in [5.74, 6) is 1.61. The van der Waals surface area contributed by atoms with Crippen LogP contribution in [0.2, 0.25) is 0 Å². The minimum atomic E-state index is 0.585. The maximum atomic E-state index is 5.77. The summed E-state index contributed by atoms with van der Waals surface area (Å²) >= 11 is 0. The number of hydrogen-bond acceptors (Lipinski definition) is 4. The van der Waals surface area contributed by atoms with Gasteiger partial charge in [0.25, 0.3) is 0 Å². The van der Waals surface area contributed by atoms with E-state index < -0.39 is 0 Å². The molecular formula is C15H20N4O. The van der Waals surface area contributed by atoms with E-state index in [1.54, 1.807) is 0 Å². The molecule has 0 amide bonds. The average molecular weight is 272 g/mol. The van der Waals surface area contributed by atoms with E-state index >= 15 is 0 Å². The average Bonchev–Trinajstić information content (AvgIpc) is 2.75. The van der Waals surface area contributed by atoms with Gasteiger partial charge in [-0.1, -0.05) is 18.2 Å². The molecule has 2 aromatic rings. The van der Waals surface area contributed by atoms with Gasteiger partial charge in [0, 0.05) is 37.9 Å². The van der Waals surface area contributed by atoms with Crippen molar-refractivity contribution in [2.24, 2.45) is 0 Å². The standard InChI is InChI=1S/C15H20N4O/c16-15-6-9-19(17-15)8-3-7-18-10-11-20-14-5-2-1-4-13(14)12-18/h1-2,4-6,9H,3,7-8,10-12H2,(H2,16,17). The van der Waals surface area contributed by atoms with Crippen LogP contribution < -0.4 is 10.5 Å². The molecule has 0 spiro atoms. The van der Waals surface area contributed by atoms with E-state index in [-0.39, 0.29) is 0 Å². The lowest BCUT2D eigenvalue weighted by Crippen LogP contribution is -2.27. The van der Waals surface area contributed by atoms with Gasteiger partial charge in [-0.3, -0.25) is 9.58 Å². The third-order valence-corrected chi connectivity index (χ3v) is 3.55. The fourth-order valence-electron chi connectivity index (χ4n) is 2.53. The molecule has 0 aliphatic carbocycles. The lowest BCUT2D eigenvalue weighted by Gasteiger charge is -2.19. The van der Waals surface area contributed by atoms with Crippen molar-refractivity contribution in [1.82, 2.24) is 14.7 Å². The molecule has 1 aromatic carbocycles. The normalized spacial score (nSPS) is 15.4. The smallest absolute Gasteiger partial charge is 0.145 e. The van der Waals surface area contributed by atoms with Crippen molar-refractivity contribution in [3.63, 3.8) is 0 Å². The maximum Gasteiger partial charge on any atom is 0.145 e. The first kappa shape index (κ1) is 13.0. The van der Waals surface area contributed by atoms with Crippen LogP contribution in [-0.2, 0) is 13.1 Å². The van der Waals surface area contributed by atoms with Crippen LogP contribution in [0.1, 0.15) is 12.0 Å². The van der Waals surface area contributed by atoms with Gasteiger partial charge in [-0.15, -0.1) is 0 Å². The highest BCUT2D eigenvalue weighted by Gasteiger charge is 2.14. The van der Waals surface area contributed by atoms with Crippen molar-refractivity contribution in [2.45, 2.75) is 19.5 Å². The molecule has 2 heterocycles. The topological polar surface area (TPSA) is 56.3 Å². The van der Waals surface area contributed by atoms with Crippen molar-refractivity contribution in [3.8, 4) is 5.75 Å². The first-order chi connectivity index (χ1) is 9.81. The molecule has 106 valence electrons. The van der Waals surface area contributed by atoms with Crippen LogP contribution in [0.4, 0.5) is 5.82 Å². The van der Waals surface area contributed by atoms with Crippen molar-refractivity contribution >= 4 is 5.82 Å². The third-order valence-electron chi connectivity index (χ3n) is 3.55. The van der Waals surface area contributed by atoms with E-state index in [2.05, 4.69) is 22.1 Å². The Balaban J connectivity index is 1.53. The summed E-state index contributed by atoms with van der Waals surface area (Å²) in [5.41, 5.74) is 6.88. The Labute approximate surface area is 118 Å². The molecule has 0 atom stereocenters. The summed E-state index contributed by atoms with van der Waals surface area (Å²) < 4.78 is 7.67. The van der Waals surface area contributed by atoms with E-state index in [1.165, 1.54) is 5.56 Å². The molecule has 0 radical (unpaired) electrons. The van der Waals surface area contributed by atoms with E-state index in [1.807, 2.05) is 29.1 Å². The van der Waals surface area contributed by atoms with Crippen LogP contribution in [0.25, 0.3) is 0 Å². The van der Waals surface area contributed by atoms with E-state index in [0.29, 0.717) is 5.82 Å². The lowest BCUT2D eigenvalue weighted by atomic mass is 10.2. The summed E-state index contributed by atoms with van der Waals surface area (Å²) in [6.45, 7) is 4.62.